The smallest absolute Gasteiger partial charge is 0.328 e. The molecule has 2 N–H and O–H groups in total. The van der Waals surface area contributed by atoms with Gasteiger partial charge in [0.05, 0.1) is 0 Å². The van der Waals surface area contributed by atoms with Crippen molar-refractivity contribution in [2.24, 2.45) is 0 Å². The van der Waals surface area contributed by atoms with E-state index in [1.54, 1.807) is 0 Å². The first-order valence-corrected chi connectivity index (χ1v) is 5.93. The first kappa shape index (κ1) is 13.5. The average molecular weight is 217 g/mol. The average Bonchev–Trinajstić information content (AvgIpc) is 2.10. The van der Waals surface area contributed by atoms with Crippen LogP contribution in [0.2, 0.25) is 0 Å². The summed E-state index contributed by atoms with van der Waals surface area (Å²) in [5.41, 5.74) is 0.853. The fraction of sp³-hybridized carbons (Fsp3) is 0.700. The molecule has 14 heavy (non-hydrogen) atoms. The third kappa shape index (κ3) is 8.13. The number of carboxylic acid groups (broad SMARTS) is 1. The van der Waals surface area contributed by atoms with Crippen molar-refractivity contribution in [2.75, 3.05) is 18.1 Å². The second-order valence-corrected chi connectivity index (χ2v) is 4.59. The van der Waals surface area contributed by atoms with E-state index in [0.29, 0.717) is 12.6 Å². The van der Waals surface area contributed by atoms with Crippen LogP contribution in [0, 0.1) is 0 Å². The van der Waals surface area contributed by atoms with Crippen LogP contribution in [0.1, 0.15) is 20.8 Å². The monoisotopic (exact) mass is 217 g/mol. The summed E-state index contributed by atoms with van der Waals surface area (Å²) >= 11 is 1.88. The van der Waals surface area contributed by atoms with E-state index < -0.39 is 5.97 Å². The Hall–Kier alpha value is -0.480. The SMILES string of the molecule is CCSCC(C)NCC(C)=CC(=O)O. The molecule has 0 aromatic rings. The van der Waals surface area contributed by atoms with Gasteiger partial charge in [0.1, 0.15) is 0 Å². The number of carbonyl (C=O) groups is 1. The standard InChI is InChI=1S/C10H19NO2S/c1-4-14-7-9(3)11-6-8(2)5-10(12)13/h5,9,11H,4,6-7H2,1-3H3,(H,12,13). The Kier molecular flexibility index (Phi) is 7.61. The van der Waals surface area contributed by atoms with Crippen molar-refractivity contribution in [1.82, 2.24) is 5.32 Å². The minimum Gasteiger partial charge on any atom is -0.478 e. The van der Waals surface area contributed by atoms with Gasteiger partial charge in [0.25, 0.3) is 0 Å². The Morgan fingerprint density at radius 3 is 2.79 bits per heavy atom. The van der Waals surface area contributed by atoms with E-state index in [9.17, 15) is 4.79 Å². The van der Waals surface area contributed by atoms with Gasteiger partial charge in [-0.1, -0.05) is 12.5 Å². The molecule has 0 heterocycles. The zero-order chi connectivity index (χ0) is 11.0. The molecule has 82 valence electrons. The molecule has 0 aromatic heterocycles. The van der Waals surface area contributed by atoms with Gasteiger partial charge < -0.3 is 10.4 Å². The summed E-state index contributed by atoms with van der Waals surface area (Å²) in [5, 5.41) is 11.8. The first-order chi connectivity index (χ1) is 6.56. The van der Waals surface area contributed by atoms with Crippen molar-refractivity contribution in [1.29, 1.82) is 0 Å². The molecule has 0 rings (SSSR count). The number of aliphatic carboxylic acids is 1. The second-order valence-electron chi connectivity index (χ2n) is 3.27. The Labute approximate surface area is 90.0 Å². The van der Waals surface area contributed by atoms with Gasteiger partial charge >= 0.3 is 5.97 Å². The fourth-order valence-corrected chi connectivity index (χ4v) is 1.66. The summed E-state index contributed by atoms with van der Waals surface area (Å²) in [7, 11) is 0. The summed E-state index contributed by atoms with van der Waals surface area (Å²) in [6.07, 6.45) is 1.24. The highest BCUT2D eigenvalue weighted by molar-refractivity contribution is 7.99. The number of hydrogen-bond donors (Lipinski definition) is 2. The molecule has 4 heteroatoms. The Bertz CT molecular complexity index is 204. The molecule has 0 amide bonds. The van der Waals surface area contributed by atoms with Crippen molar-refractivity contribution >= 4 is 17.7 Å². The molecule has 0 radical (unpaired) electrons. The molecule has 0 spiro atoms. The van der Waals surface area contributed by atoms with Crippen LogP contribution in [0.5, 0.6) is 0 Å². The lowest BCUT2D eigenvalue weighted by atomic mass is 10.2. The molecule has 1 atom stereocenters. The molecule has 0 aromatic carbocycles. The number of hydrogen-bond acceptors (Lipinski definition) is 3. The highest BCUT2D eigenvalue weighted by Crippen LogP contribution is 2.01. The highest BCUT2D eigenvalue weighted by atomic mass is 32.2. The molecule has 0 bridgehead atoms. The number of thioether (sulfide) groups is 1. The van der Waals surface area contributed by atoms with E-state index in [1.165, 1.54) is 6.08 Å². The molecule has 0 saturated heterocycles. The third-order valence-electron chi connectivity index (χ3n) is 1.67. The molecule has 3 nitrogen and oxygen atoms in total. The summed E-state index contributed by atoms with van der Waals surface area (Å²) < 4.78 is 0. The van der Waals surface area contributed by atoms with Gasteiger partial charge in [-0.05, 0) is 19.6 Å². The lowest BCUT2D eigenvalue weighted by Crippen LogP contribution is -2.29. The number of nitrogens with one attached hydrogen (secondary N) is 1. The third-order valence-corrected chi connectivity index (χ3v) is 2.82. The van der Waals surface area contributed by atoms with E-state index in [2.05, 4.69) is 19.2 Å². The van der Waals surface area contributed by atoms with Crippen LogP contribution in [0.4, 0.5) is 0 Å². The minimum absolute atomic E-state index is 0.428. The molecular weight excluding hydrogens is 198 g/mol. The van der Waals surface area contributed by atoms with Gasteiger partial charge in [0.2, 0.25) is 0 Å². The molecule has 1 unspecified atom stereocenters. The van der Waals surface area contributed by atoms with E-state index in [0.717, 1.165) is 17.1 Å². The van der Waals surface area contributed by atoms with Gasteiger partial charge in [-0.15, -0.1) is 0 Å². The Balaban J connectivity index is 3.65. The predicted octanol–water partition coefficient (Wildman–Crippen LogP) is 1.75. The van der Waals surface area contributed by atoms with Crippen LogP contribution < -0.4 is 5.32 Å². The van der Waals surface area contributed by atoms with E-state index >= 15 is 0 Å². The summed E-state index contributed by atoms with van der Waals surface area (Å²) in [5.74, 6) is 1.31. The van der Waals surface area contributed by atoms with E-state index in [4.69, 9.17) is 5.11 Å². The maximum Gasteiger partial charge on any atom is 0.328 e. The van der Waals surface area contributed by atoms with E-state index in [-0.39, 0.29) is 0 Å². The number of carboxylic acids is 1. The quantitative estimate of drug-likeness (QED) is 0.638. The molecule has 0 fully saturated rings. The van der Waals surface area contributed by atoms with E-state index in [1.807, 2.05) is 18.7 Å². The molecule has 0 aliphatic carbocycles. The summed E-state index contributed by atoms with van der Waals surface area (Å²) in [6.45, 7) is 6.71. The highest BCUT2D eigenvalue weighted by Gasteiger charge is 2.01. The van der Waals surface area contributed by atoms with Crippen molar-refractivity contribution in [3.63, 3.8) is 0 Å². The zero-order valence-electron chi connectivity index (χ0n) is 9.04. The van der Waals surface area contributed by atoms with Crippen LogP contribution in [-0.4, -0.2) is 35.2 Å². The largest absolute Gasteiger partial charge is 0.478 e. The van der Waals surface area contributed by atoms with Crippen LogP contribution in [0.25, 0.3) is 0 Å². The topological polar surface area (TPSA) is 49.3 Å². The number of rotatable bonds is 7. The van der Waals surface area contributed by atoms with Gasteiger partial charge in [-0.25, -0.2) is 4.79 Å². The van der Waals surface area contributed by atoms with Gasteiger partial charge in [-0.3, -0.25) is 0 Å². The van der Waals surface area contributed by atoms with Crippen LogP contribution in [0.3, 0.4) is 0 Å². The lowest BCUT2D eigenvalue weighted by molar-refractivity contribution is -0.131. The van der Waals surface area contributed by atoms with Gasteiger partial charge in [0.15, 0.2) is 0 Å². The van der Waals surface area contributed by atoms with Gasteiger partial charge in [-0.2, -0.15) is 11.8 Å². The van der Waals surface area contributed by atoms with Crippen LogP contribution in [0.15, 0.2) is 11.6 Å². The predicted molar refractivity (Wildman–Crippen MR) is 61.9 cm³/mol. The Morgan fingerprint density at radius 2 is 2.29 bits per heavy atom. The zero-order valence-corrected chi connectivity index (χ0v) is 9.86. The van der Waals surface area contributed by atoms with Gasteiger partial charge in [0, 0.05) is 24.4 Å². The van der Waals surface area contributed by atoms with Crippen molar-refractivity contribution < 1.29 is 9.90 Å². The Morgan fingerprint density at radius 1 is 1.64 bits per heavy atom. The summed E-state index contributed by atoms with van der Waals surface area (Å²) in [6, 6.07) is 0.428. The molecule has 0 saturated carbocycles. The van der Waals surface area contributed by atoms with Crippen LogP contribution >= 0.6 is 11.8 Å². The molecule has 0 aliphatic rings. The fourth-order valence-electron chi connectivity index (χ4n) is 0.951. The molecule has 0 aliphatic heterocycles. The van der Waals surface area contributed by atoms with Crippen molar-refractivity contribution in [3.05, 3.63) is 11.6 Å². The van der Waals surface area contributed by atoms with Crippen LogP contribution in [-0.2, 0) is 4.79 Å². The van der Waals surface area contributed by atoms with Crippen molar-refractivity contribution in [2.45, 2.75) is 26.8 Å². The maximum atomic E-state index is 10.3. The normalized spacial score (nSPS) is 14.1. The van der Waals surface area contributed by atoms with Crippen molar-refractivity contribution in [3.8, 4) is 0 Å². The first-order valence-electron chi connectivity index (χ1n) is 4.77. The lowest BCUT2D eigenvalue weighted by Gasteiger charge is -2.12. The summed E-state index contributed by atoms with van der Waals surface area (Å²) in [4.78, 5) is 10.3. The minimum atomic E-state index is -0.875. The molecular formula is C10H19NO2S. The second kappa shape index (κ2) is 7.88. The maximum absolute atomic E-state index is 10.3.